The fraction of sp³-hybridized carbons (Fsp3) is 0.909. The lowest BCUT2D eigenvalue weighted by Gasteiger charge is -2.37. The largest absolute Gasteiger partial charge is 0.339 e. The van der Waals surface area contributed by atoms with Crippen LogP contribution in [0, 0.1) is 0 Å². The number of nitrogens with two attached hydrogens (primary N) is 1. The van der Waals surface area contributed by atoms with E-state index in [1.54, 1.807) is 6.92 Å². The summed E-state index contributed by atoms with van der Waals surface area (Å²) < 4.78 is 0. The Bertz CT molecular complexity index is 208. The maximum Gasteiger partial charge on any atom is 0.219 e. The first-order chi connectivity index (χ1) is 7.15. The first kappa shape index (κ1) is 12.5. The molecule has 1 atom stereocenters. The van der Waals surface area contributed by atoms with Crippen molar-refractivity contribution in [2.45, 2.75) is 32.2 Å². The topological polar surface area (TPSA) is 49.6 Å². The highest BCUT2D eigenvalue weighted by molar-refractivity contribution is 5.73. The molecule has 0 spiro atoms. The number of nitrogens with zero attached hydrogens (tertiary/aromatic N) is 2. The number of carbonyl (C=O) groups excluding carboxylic acids is 1. The van der Waals surface area contributed by atoms with Crippen LogP contribution in [0.3, 0.4) is 0 Å². The fourth-order valence-corrected chi connectivity index (χ4v) is 2.28. The Morgan fingerprint density at radius 1 is 1.53 bits per heavy atom. The molecule has 1 amide bonds. The third-order valence-corrected chi connectivity index (χ3v) is 3.06. The fourth-order valence-electron chi connectivity index (χ4n) is 2.28. The Kier molecular flexibility index (Phi) is 5.05. The monoisotopic (exact) mass is 213 g/mol. The Morgan fingerprint density at radius 2 is 2.27 bits per heavy atom. The molecule has 0 aromatic heterocycles. The van der Waals surface area contributed by atoms with E-state index in [4.69, 9.17) is 5.73 Å². The van der Waals surface area contributed by atoms with Gasteiger partial charge in [0.2, 0.25) is 5.91 Å². The minimum absolute atomic E-state index is 0.209. The Morgan fingerprint density at radius 3 is 2.87 bits per heavy atom. The second-order valence-electron chi connectivity index (χ2n) is 4.41. The van der Waals surface area contributed by atoms with Crippen molar-refractivity contribution in [1.29, 1.82) is 0 Å². The van der Waals surface area contributed by atoms with Crippen LogP contribution in [0.5, 0.6) is 0 Å². The van der Waals surface area contributed by atoms with E-state index in [2.05, 4.69) is 11.9 Å². The van der Waals surface area contributed by atoms with Gasteiger partial charge in [-0.2, -0.15) is 0 Å². The third-order valence-electron chi connectivity index (χ3n) is 3.06. The summed E-state index contributed by atoms with van der Waals surface area (Å²) in [5.41, 5.74) is 5.51. The molecule has 1 saturated heterocycles. The highest BCUT2D eigenvalue weighted by atomic mass is 16.2. The van der Waals surface area contributed by atoms with Gasteiger partial charge in [-0.1, -0.05) is 0 Å². The Labute approximate surface area is 92.4 Å². The average Bonchev–Trinajstić information content (AvgIpc) is 2.18. The number of piperidine rings is 1. The molecule has 0 aromatic carbocycles. The van der Waals surface area contributed by atoms with E-state index in [0.717, 1.165) is 32.5 Å². The summed E-state index contributed by atoms with van der Waals surface area (Å²) >= 11 is 0. The van der Waals surface area contributed by atoms with E-state index in [0.29, 0.717) is 12.6 Å². The van der Waals surface area contributed by atoms with Gasteiger partial charge >= 0.3 is 0 Å². The summed E-state index contributed by atoms with van der Waals surface area (Å²) in [5, 5.41) is 0. The van der Waals surface area contributed by atoms with Crippen molar-refractivity contribution < 1.29 is 4.79 Å². The zero-order valence-electron chi connectivity index (χ0n) is 9.91. The molecule has 1 rings (SSSR count). The number of likely N-dealkylation sites (N-methyl/N-ethyl adjacent to an activating group) is 1. The predicted octanol–water partition coefficient (Wildman–Crippen LogP) is 0.278. The minimum atomic E-state index is 0.209. The van der Waals surface area contributed by atoms with E-state index >= 15 is 0 Å². The number of likely N-dealkylation sites (tertiary alicyclic amines) is 1. The maximum atomic E-state index is 11.4. The van der Waals surface area contributed by atoms with Crippen molar-refractivity contribution in [2.24, 2.45) is 5.73 Å². The molecule has 4 nitrogen and oxygen atoms in total. The molecule has 0 bridgehead atoms. The van der Waals surface area contributed by atoms with Gasteiger partial charge < -0.3 is 15.5 Å². The van der Waals surface area contributed by atoms with Crippen LogP contribution in [0.25, 0.3) is 0 Å². The highest BCUT2D eigenvalue weighted by Gasteiger charge is 2.24. The standard InChI is InChI=1S/C11H23N3O/c1-10(15)14-7-4-3-5-11(14)9-13(2)8-6-12/h11H,3-9,12H2,1-2H3. The Hall–Kier alpha value is -0.610. The molecular weight excluding hydrogens is 190 g/mol. The highest BCUT2D eigenvalue weighted by Crippen LogP contribution is 2.17. The zero-order chi connectivity index (χ0) is 11.3. The van der Waals surface area contributed by atoms with Gasteiger partial charge in [-0.15, -0.1) is 0 Å². The number of rotatable bonds is 4. The van der Waals surface area contributed by atoms with Gasteiger partial charge in [0.05, 0.1) is 0 Å². The van der Waals surface area contributed by atoms with Crippen LogP contribution in [-0.4, -0.2) is 55.0 Å². The van der Waals surface area contributed by atoms with E-state index in [1.165, 1.54) is 6.42 Å². The van der Waals surface area contributed by atoms with Crippen molar-refractivity contribution in [2.75, 3.05) is 33.2 Å². The summed E-state index contributed by atoms with van der Waals surface area (Å²) in [6, 6.07) is 0.396. The maximum absolute atomic E-state index is 11.4. The van der Waals surface area contributed by atoms with Crippen LogP contribution in [0.4, 0.5) is 0 Å². The summed E-state index contributed by atoms with van der Waals surface area (Å²) in [6.45, 7) is 5.14. The van der Waals surface area contributed by atoms with Crippen molar-refractivity contribution in [3.63, 3.8) is 0 Å². The molecule has 0 radical (unpaired) electrons. The first-order valence-corrected chi connectivity index (χ1v) is 5.81. The van der Waals surface area contributed by atoms with E-state index in [1.807, 2.05) is 4.90 Å². The molecule has 2 N–H and O–H groups in total. The van der Waals surface area contributed by atoms with E-state index in [9.17, 15) is 4.79 Å². The molecule has 1 fully saturated rings. The molecule has 4 heteroatoms. The minimum Gasteiger partial charge on any atom is -0.339 e. The molecule has 0 aromatic rings. The number of hydrogen-bond donors (Lipinski definition) is 1. The van der Waals surface area contributed by atoms with Gasteiger partial charge in [-0.05, 0) is 26.3 Å². The normalized spacial score (nSPS) is 22.1. The second-order valence-corrected chi connectivity index (χ2v) is 4.41. The first-order valence-electron chi connectivity index (χ1n) is 5.81. The summed E-state index contributed by atoms with van der Waals surface area (Å²) in [4.78, 5) is 15.7. The van der Waals surface area contributed by atoms with Gasteiger partial charge in [-0.25, -0.2) is 0 Å². The smallest absolute Gasteiger partial charge is 0.219 e. The average molecular weight is 213 g/mol. The van der Waals surface area contributed by atoms with Crippen LogP contribution < -0.4 is 5.73 Å². The number of amides is 1. The molecule has 0 saturated carbocycles. The molecular formula is C11H23N3O. The molecule has 1 aliphatic rings. The van der Waals surface area contributed by atoms with Crippen molar-refractivity contribution in [1.82, 2.24) is 9.80 Å². The van der Waals surface area contributed by atoms with Crippen LogP contribution in [0.2, 0.25) is 0 Å². The summed E-state index contributed by atoms with van der Waals surface area (Å²) in [5.74, 6) is 0.209. The van der Waals surface area contributed by atoms with Crippen LogP contribution >= 0.6 is 0 Å². The zero-order valence-corrected chi connectivity index (χ0v) is 9.91. The predicted molar refractivity (Wildman–Crippen MR) is 61.6 cm³/mol. The van der Waals surface area contributed by atoms with Gasteiger partial charge in [0, 0.05) is 39.1 Å². The molecule has 15 heavy (non-hydrogen) atoms. The quantitative estimate of drug-likeness (QED) is 0.729. The third kappa shape index (κ3) is 3.80. The molecule has 1 heterocycles. The lowest BCUT2D eigenvalue weighted by Crippen LogP contribution is -2.48. The van der Waals surface area contributed by atoms with Gasteiger partial charge in [0.15, 0.2) is 0 Å². The Balaban J connectivity index is 2.45. The summed E-state index contributed by atoms with van der Waals surface area (Å²) in [7, 11) is 2.07. The van der Waals surface area contributed by atoms with Crippen molar-refractivity contribution in [3.05, 3.63) is 0 Å². The second kappa shape index (κ2) is 6.08. The lowest BCUT2D eigenvalue weighted by molar-refractivity contribution is -0.132. The van der Waals surface area contributed by atoms with Crippen LogP contribution in [0.15, 0.2) is 0 Å². The van der Waals surface area contributed by atoms with Crippen molar-refractivity contribution in [3.8, 4) is 0 Å². The van der Waals surface area contributed by atoms with Gasteiger partial charge in [0.1, 0.15) is 0 Å². The van der Waals surface area contributed by atoms with E-state index < -0.39 is 0 Å². The number of carbonyl (C=O) groups is 1. The molecule has 1 unspecified atom stereocenters. The SMILES string of the molecule is CC(=O)N1CCCCC1CN(C)CCN. The van der Waals surface area contributed by atoms with Crippen LogP contribution in [-0.2, 0) is 4.79 Å². The van der Waals surface area contributed by atoms with E-state index in [-0.39, 0.29) is 5.91 Å². The molecule has 0 aliphatic carbocycles. The van der Waals surface area contributed by atoms with Gasteiger partial charge in [-0.3, -0.25) is 4.79 Å². The van der Waals surface area contributed by atoms with Gasteiger partial charge in [0.25, 0.3) is 0 Å². The molecule has 1 aliphatic heterocycles. The number of hydrogen-bond acceptors (Lipinski definition) is 3. The van der Waals surface area contributed by atoms with Crippen LogP contribution in [0.1, 0.15) is 26.2 Å². The van der Waals surface area contributed by atoms with Crippen molar-refractivity contribution >= 4 is 5.91 Å². The molecule has 88 valence electrons. The lowest BCUT2D eigenvalue weighted by atomic mass is 10.0. The summed E-state index contributed by atoms with van der Waals surface area (Å²) in [6.07, 6.45) is 3.52.